The van der Waals surface area contributed by atoms with E-state index in [1.165, 1.54) is 56.9 Å². The standard InChI is InChI=1S/C22H36N4O/c1-27-21-10-8-19(9-11-21)17-26-14-12-18(13-15-26)16-24-22(23)25-20-6-4-2-3-5-7-20/h8-11,18,20H,2-7,12-17H2,1H3,(H3,23,24,25). The Hall–Kier alpha value is -1.75. The molecule has 1 aliphatic carbocycles. The summed E-state index contributed by atoms with van der Waals surface area (Å²) in [6.07, 6.45) is 10.2. The van der Waals surface area contributed by atoms with Crippen molar-refractivity contribution < 1.29 is 4.74 Å². The Morgan fingerprint density at radius 3 is 2.37 bits per heavy atom. The fraction of sp³-hybridized carbons (Fsp3) is 0.682. The average Bonchev–Trinajstić information content (AvgIpc) is 2.97. The summed E-state index contributed by atoms with van der Waals surface area (Å²) in [5.74, 6) is 2.24. The van der Waals surface area contributed by atoms with Crippen LogP contribution in [0.3, 0.4) is 0 Å². The quantitative estimate of drug-likeness (QED) is 0.455. The van der Waals surface area contributed by atoms with Crippen molar-refractivity contribution in [3.8, 4) is 5.75 Å². The van der Waals surface area contributed by atoms with Gasteiger partial charge in [-0.15, -0.1) is 0 Å². The molecule has 1 aliphatic heterocycles. The first-order valence-electron chi connectivity index (χ1n) is 10.6. The molecule has 0 amide bonds. The Morgan fingerprint density at radius 1 is 1.07 bits per heavy atom. The molecule has 3 N–H and O–H groups in total. The second kappa shape index (κ2) is 10.5. The van der Waals surface area contributed by atoms with Crippen LogP contribution in [0.5, 0.6) is 5.75 Å². The molecule has 1 aromatic rings. The van der Waals surface area contributed by atoms with Gasteiger partial charge < -0.3 is 15.8 Å². The summed E-state index contributed by atoms with van der Waals surface area (Å²) in [5, 5.41) is 3.46. The highest BCUT2D eigenvalue weighted by Gasteiger charge is 2.19. The van der Waals surface area contributed by atoms with Gasteiger partial charge in [0.25, 0.3) is 0 Å². The van der Waals surface area contributed by atoms with Gasteiger partial charge in [-0.1, -0.05) is 37.8 Å². The Balaban J connectivity index is 1.37. The molecule has 0 bridgehead atoms. The fourth-order valence-electron chi connectivity index (χ4n) is 4.22. The summed E-state index contributed by atoms with van der Waals surface area (Å²) in [4.78, 5) is 7.19. The smallest absolute Gasteiger partial charge is 0.188 e. The van der Waals surface area contributed by atoms with E-state index in [1.54, 1.807) is 7.11 Å². The lowest BCUT2D eigenvalue weighted by Crippen LogP contribution is -2.40. The van der Waals surface area contributed by atoms with E-state index >= 15 is 0 Å². The normalized spacial score (nSPS) is 21.0. The van der Waals surface area contributed by atoms with Crippen LogP contribution in [0.25, 0.3) is 0 Å². The van der Waals surface area contributed by atoms with Crippen LogP contribution < -0.4 is 15.8 Å². The number of hydrogen-bond acceptors (Lipinski definition) is 3. The van der Waals surface area contributed by atoms with Crippen LogP contribution in [0.1, 0.15) is 56.9 Å². The van der Waals surface area contributed by atoms with Crippen molar-refractivity contribution in [1.82, 2.24) is 10.2 Å². The number of methoxy groups -OCH3 is 1. The van der Waals surface area contributed by atoms with E-state index in [9.17, 15) is 0 Å². The lowest BCUT2D eigenvalue weighted by molar-refractivity contribution is 0.180. The maximum atomic E-state index is 6.14. The third-order valence-corrected chi connectivity index (χ3v) is 6.00. The lowest BCUT2D eigenvalue weighted by Gasteiger charge is -2.31. The zero-order valence-corrected chi connectivity index (χ0v) is 16.8. The van der Waals surface area contributed by atoms with Crippen molar-refractivity contribution >= 4 is 5.96 Å². The summed E-state index contributed by atoms with van der Waals surface area (Å²) in [5.41, 5.74) is 7.50. The number of rotatable bonds is 6. The minimum Gasteiger partial charge on any atom is -0.497 e. The number of likely N-dealkylation sites (tertiary alicyclic amines) is 1. The summed E-state index contributed by atoms with van der Waals surface area (Å²) in [7, 11) is 1.71. The van der Waals surface area contributed by atoms with Crippen molar-refractivity contribution in [1.29, 1.82) is 0 Å². The van der Waals surface area contributed by atoms with Crippen LogP contribution in [-0.4, -0.2) is 43.6 Å². The lowest BCUT2D eigenvalue weighted by atomic mass is 9.96. The van der Waals surface area contributed by atoms with Gasteiger partial charge in [0, 0.05) is 19.1 Å². The predicted octanol–water partition coefficient (Wildman–Crippen LogP) is 3.53. The van der Waals surface area contributed by atoms with Gasteiger partial charge in [-0.3, -0.25) is 9.89 Å². The largest absolute Gasteiger partial charge is 0.497 e. The molecule has 1 saturated carbocycles. The zero-order valence-electron chi connectivity index (χ0n) is 16.8. The van der Waals surface area contributed by atoms with Crippen molar-refractivity contribution in [2.24, 2.45) is 16.6 Å². The molecule has 0 spiro atoms. The second-order valence-electron chi connectivity index (χ2n) is 8.13. The van der Waals surface area contributed by atoms with Crippen molar-refractivity contribution in [2.45, 2.75) is 64.0 Å². The van der Waals surface area contributed by atoms with E-state index in [-0.39, 0.29) is 0 Å². The maximum absolute atomic E-state index is 6.14. The van der Waals surface area contributed by atoms with Crippen LogP contribution >= 0.6 is 0 Å². The van der Waals surface area contributed by atoms with E-state index in [2.05, 4.69) is 27.3 Å². The molecule has 5 nitrogen and oxygen atoms in total. The number of benzene rings is 1. The van der Waals surface area contributed by atoms with Gasteiger partial charge in [-0.2, -0.15) is 0 Å². The minimum atomic E-state index is 0.530. The van der Waals surface area contributed by atoms with E-state index in [0.717, 1.165) is 31.9 Å². The van der Waals surface area contributed by atoms with Gasteiger partial charge in [-0.05, 0) is 62.4 Å². The average molecular weight is 373 g/mol. The number of nitrogens with two attached hydrogens (primary N) is 1. The molecule has 0 radical (unpaired) electrons. The molecular weight excluding hydrogens is 336 g/mol. The topological polar surface area (TPSA) is 62.9 Å². The fourth-order valence-corrected chi connectivity index (χ4v) is 4.22. The first kappa shape index (κ1) is 20.0. The number of piperidine rings is 1. The second-order valence-corrected chi connectivity index (χ2v) is 8.13. The predicted molar refractivity (Wildman–Crippen MR) is 112 cm³/mol. The Bertz CT molecular complexity index is 570. The summed E-state index contributed by atoms with van der Waals surface area (Å²) < 4.78 is 5.23. The molecule has 1 aromatic carbocycles. The van der Waals surface area contributed by atoms with Crippen LogP contribution in [0.2, 0.25) is 0 Å². The molecule has 1 heterocycles. The van der Waals surface area contributed by atoms with Crippen LogP contribution in [0.15, 0.2) is 29.3 Å². The Labute approximate surface area is 164 Å². The van der Waals surface area contributed by atoms with Crippen molar-refractivity contribution in [2.75, 3.05) is 26.7 Å². The number of hydrogen-bond donors (Lipinski definition) is 2. The minimum absolute atomic E-state index is 0.530. The molecule has 2 aliphatic rings. The Morgan fingerprint density at radius 2 is 1.74 bits per heavy atom. The first-order valence-corrected chi connectivity index (χ1v) is 10.6. The van der Waals surface area contributed by atoms with E-state index in [1.807, 2.05) is 12.1 Å². The molecule has 27 heavy (non-hydrogen) atoms. The molecule has 5 heteroatoms. The highest BCUT2D eigenvalue weighted by molar-refractivity contribution is 5.78. The van der Waals surface area contributed by atoms with Gasteiger partial charge in [0.1, 0.15) is 5.75 Å². The van der Waals surface area contributed by atoms with Crippen LogP contribution in [0, 0.1) is 5.92 Å². The van der Waals surface area contributed by atoms with Gasteiger partial charge >= 0.3 is 0 Å². The van der Waals surface area contributed by atoms with Crippen molar-refractivity contribution in [3.63, 3.8) is 0 Å². The monoisotopic (exact) mass is 372 g/mol. The zero-order chi connectivity index (χ0) is 18.9. The highest BCUT2D eigenvalue weighted by atomic mass is 16.5. The summed E-state index contributed by atoms with van der Waals surface area (Å²) >= 11 is 0. The maximum Gasteiger partial charge on any atom is 0.188 e. The number of nitrogens with zero attached hydrogens (tertiary/aromatic N) is 2. The number of ether oxygens (including phenoxy) is 1. The Kier molecular flexibility index (Phi) is 7.81. The molecule has 150 valence electrons. The molecule has 0 aromatic heterocycles. The van der Waals surface area contributed by atoms with Gasteiger partial charge in [0.05, 0.1) is 7.11 Å². The van der Waals surface area contributed by atoms with Gasteiger partial charge in [0.15, 0.2) is 5.96 Å². The SMILES string of the molecule is COc1ccc(CN2CCC(CN=C(N)NC3CCCCCC3)CC2)cc1. The van der Waals surface area contributed by atoms with Gasteiger partial charge in [0.2, 0.25) is 0 Å². The van der Waals surface area contributed by atoms with E-state index < -0.39 is 0 Å². The van der Waals surface area contributed by atoms with Crippen LogP contribution in [0.4, 0.5) is 0 Å². The molecule has 1 saturated heterocycles. The third kappa shape index (κ3) is 6.73. The summed E-state index contributed by atoms with van der Waals surface area (Å²) in [6.45, 7) is 4.16. The van der Waals surface area contributed by atoms with Gasteiger partial charge in [-0.25, -0.2) is 0 Å². The molecule has 0 unspecified atom stereocenters. The molecule has 0 atom stereocenters. The summed E-state index contributed by atoms with van der Waals surface area (Å²) in [6, 6.07) is 8.94. The van der Waals surface area contributed by atoms with Crippen molar-refractivity contribution in [3.05, 3.63) is 29.8 Å². The number of guanidine groups is 1. The molecule has 3 rings (SSSR count). The third-order valence-electron chi connectivity index (χ3n) is 6.00. The molecule has 2 fully saturated rings. The van der Waals surface area contributed by atoms with E-state index in [0.29, 0.717) is 17.9 Å². The number of aliphatic imine (C=N–C) groups is 1. The molecular formula is C22H36N4O. The first-order chi connectivity index (χ1) is 13.2. The number of nitrogens with one attached hydrogen (secondary N) is 1. The van der Waals surface area contributed by atoms with E-state index in [4.69, 9.17) is 10.5 Å². The highest BCUT2D eigenvalue weighted by Crippen LogP contribution is 2.21. The van der Waals surface area contributed by atoms with Crippen LogP contribution in [-0.2, 0) is 6.54 Å².